The molecule has 0 saturated carbocycles. The van der Waals surface area contributed by atoms with E-state index < -0.39 is 6.03 Å². The highest BCUT2D eigenvalue weighted by Crippen LogP contribution is 2.28. The zero-order valence-corrected chi connectivity index (χ0v) is 16.2. The van der Waals surface area contributed by atoms with Crippen molar-refractivity contribution in [2.45, 2.75) is 47.1 Å². The lowest BCUT2D eigenvalue weighted by atomic mass is 10.0. The zero-order valence-electron chi connectivity index (χ0n) is 16.2. The molecule has 2 rings (SSSR count). The monoisotopic (exact) mass is 356 g/mol. The van der Waals surface area contributed by atoms with E-state index in [1.807, 2.05) is 26.0 Å². The highest BCUT2D eigenvalue weighted by Gasteiger charge is 2.18. The number of hydrogen-bond donors (Lipinski definition) is 2. The van der Waals surface area contributed by atoms with Crippen LogP contribution < -0.4 is 15.1 Å². The summed E-state index contributed by atoms with van der Waals surface area (Å²) in [5, 5.41) is 13.3. The Morgan fingerprint density at radius 3 is 2.42 bits per heavy atom. The van der Waals surface area contributed by atoms with Gasteiger partial charge >= 0.3 is 6.03 Å². The lowest BCUT2D eigenvalue weighted by molar-refractivity contribution is 0.205. The van der Waals surface area contributed by atoms with Crippen LogP contribution >= 0.6 is 0 Å². The highest BCUT2D eigenvalue weighted by molar-refractivity contribution is 5.90. The van der Waals surface area contributed by atoms with Gasteiger partial charge in [-0.1, -0.05) is 32.0 Å². The third kappa shape index (κ3) is 4.17. The summed E-state index contributed by atoms with van der Waals surface area (Å²) in [7, 11) is 1.48. The minimum atomic E-state index is -0.584. The van der Waals surface area contributed by atoms with Crippen LogP contribution in [0.3, 0.4) is 0 Å². The van der Waals surface area contributed by atoms with Crippen LogP contribution in [0.1, 0.15) is 41.7 Å². The van der Waals surface area contributed by atoms with Crippen molar-refractivity contribution < 1.29 is 14.7 Å². The number of rotatable bonds is 6. The second kappa shape index (κ2) is 8.72. The predicted molar refractivity (Wildman–Crippen MR) is 104 cm³/mol. The largest absolute Gasteiger partial charge is 0.489 e. The van der Waals surface area contributed by atoms with Gasteiger partial charge in [0.15, 0.2) is 0 Å². The van der Waals surface area contributed by atoms with E-state index in [0.29, 0.717) is 10.8 Å². The van der Waals surface area contributed by atoms with E-state index in [-0.39, 0.29) is 6.61 Å². The number of hydrogen-bond acceptors (Lipinski definition) is 3. The highest BCUT2D eigenvalue weighted by atomic mass is 16.5. The number of aryl methyl sites for hydroxylation is 4. The molecule has 0 atom stereocenters. The molecular weight excluding hydrogens is 328 g/mol. The first-order valence-electron chi connectivity index (χ1n) is 8.97. The van der Waals surface area contributed by atoms with E-state index in [9.17, 15) is 10.0 Å². The molecule has 0 saturated heterocycles. The van der Waals surface area contributed by atoms with E-state index in [2.05, 4.69) is 31.3 Å². The van der Waals surface area contributed by atoms with E-state index >= 15 is 0 Å². The number of carbonyl (C=O) groups excluding carboxylic acids is 1. The van der Waals surface area contributed by atoms with Gasteiger partial charge in [0.25, 0.3) is 0 Å². The molecule has 0 bridgehead atoms. The summed E-state index contributed by atoms with van der Waals surface area (Å²) in [6, 6.07) is 9.15. The first-order valence-corrected chi connectivity index (χ1v) is 8.97. The normalized spacial score (nSPS) is 10.5. The molecule has 2 aromatic carbocycles. The van der Waals surface area contributed by atoms with Crippen molar-refractivity contribution in [2.75, 3.05) is 12.1 Å². The molecule has 0 aliphatic heterocycles. The Bertz CT molecular complexity index is 787. The summed E-state index contributed by atoms with van der Waals surface area (Å²) in [6.45, 7) is 8.57. The quantitative estimate of drug-likeness (QED) is 0.590. The van der Waals surface area contributed by atoms with Crippen molar-refractivity contribution in [3.8, 4) is 5.75 Å². The molecule has 2 amide bonds. The van der Waals surface area contributed by atoms with E-state index in [1.54, 1.807) is 6.07 Å². The minimum Gasteiger partial charge on any atom is -0.489 e. The van der Waals surface area contributed by atoms with Crippen LogP contribution in [0.2, 0.25) is 0 Å². The van der Waals surface area contributed by atoms with Gasteiger partial charge in [0, 0.05) is 12.6 Å². The number of ether oxygens (including phenoxy) is 1. The molecule has 0 spiro atoms. The molecular formula is C21H28N2O3. The maximum atomic E-state index is 11.8. The molecule has 140 valence electrons. The maximum Gasteiger partial charge on any atom is 0.345 e. The predicted octanol–water partition coefficient (Wildman–Crippen LogP) is 4.54. The number of nitrogens with one attached hydrogen (secondary N) is 1. The fraction of sp³-hybridized carbons (Fsp3) is 0.381. The van der Waals surface area contributed by atoms with Crippen molar-refractivity contribution in [2.24, 2.45) is 0 Å². The molecule has 0 aliphatic carbocycles. The average Bonchev–Trinajstić information content (AvgIpc) is 2.66. The number of carbonyl (C=O) groups is 1. The second-order valence-corrected chi connectivity index (χ2v) is 6.32. The molecule has 0 aromatic heterocycles. The Morgan fingerprint density at radius 1 is 1.12 bits per heavy atom. The fourth-order valence-electron chi connectivity index (χ4n) is 3.07. The lowest BCUT2D eigenvalue weighted by Gasteiger charge is -2.21. The summed E-state index contributed by atoms with van der Waals surface area (Å²) < 4.78 is 6.08. The summed E-state index contributed by atoms with van der Waals surface area (Å²) >= 11 is 0. The first kappa shape index (κ1) is 19.8. The minimum absolute atomic E-state index is 0.277. The van der Waals surface area contributed by atoms with E-state index in [0.717, 1.165) is 35.3 Å². The van der Waals surface area contributed by atoms with Crippen LogP contribution in [-0.4, -0.2) is 18.3 Å². The van der Waals surface area contributed by atoms with Crippen LogP contribution in [0, 0.1) is 13.8 Å². The van der Waals surface area contributed by atoms with Crippen molar-refractivity contribution in [1.29, 1.82) is 0 Å². The molecule has 2 aromatic rings. The van der Waals surface area contributed by atoms with Crippen LogP contribution in [0.25, 0.3) is 0 Å². The number of nitrogens with zero attached hydrogens (tertiary/aromatic N) is 1. The van der Waals surface area contributed by atoms with E-state index in [1.165, 1.54) is 18.2 Å². The number of amides is 2. The SMILES string of the molecule is CCc1cc(C)c(OCc2c(CC)cccc2N(O)C(=O)NC)cc1C. The number of anilines is 1. The fourth-order valence-corrected chi connectivity index (χ4v) is 3.07. The van der Waals surface area contributed by atoms with Crippen molar-refractivity contribution >= 4 is 11.7 Å². The summed E-state index contributed by atoms with van der Waals surface area (Å²) in [5.74, 6) is 0.820. The summed E-state index contributed by atoms with van der Waals surface area (Å²) in [6.07, 6.45) is 1.77. The molecule has 26 heavy (non-hydrogen) atoms. The smallest absolute Gasteiger partial charge is 0.345 e. The third-order valence-corrected chi connectivity index (χ3v) is 4.65. The van der Waals surface area contributed by atoms with Crippen LogP contribution in [0.15, 0.2) is 30.3 Å². The molecule has 2 N–H and O–H groups in total. The zero-order chi connectivity index (χ0) is 19.3. The van der Waals surface area contributed by atoms with Gasteiger partial charge in [-0.2, -0.15) is 5.06 Å². The molecule has 0 aliphatic rings. The lowest BCUT2D eigenvalue weighted by Crippen LogP contribution is -2.36. The first-order chi connectivity index (χ1) is 12.4. The average molecular weight is 356 g/mol. The van der Waals surface area contributed by atoms with Crippen LogP contribution in [0.4, 0.5) is 10.5 Å². The Hall–Kier alpha value is -2.53. The van der Waals surface area contributed by atoms with Crippen molar-refractivity contribution in [3.63, 3.8) is 0 Å². The van der Waals surface area contributed by atoms with Gasteiger partial charge in [-0.25, -0.2) is 4.79 Å². The van der Waals surface area contributed by atoms with Gasteiger partial charge in [0.1, 0.15) is 12.4 Å². The Labute approximate surface area is 155 Å². The Morgan fingerprint density at radius 2 is 1.81 bits per heavy atom. The number of benzene rings is 2. The Balaban J connectivity index is 2.34. The van der Waals surface area contributed by atoms with Gasteiger partial charge in [0.2, 0.25) is 0 Å². The van der Waals surface area contributed by atoms with Crippen molar-refractivity contribution in [3.05, 3.63) is 58.1 Å². The summed E-state index contributed by atoms with van der Waals surface area (Å²) in [4.78, 5) is 11.8. The molecule has 0 radical (unpaired) electrons. The van der Waals surface area contributed by atoms with Gasteiger partial charge in [0.05, 0.1) is 5.69 Å². The molecule has 0 heterocycles. The maximum absolute atomic E-state index is 11.8. The Kier molecular flexibility index (Phi) is 6.64. The number of hydroxylamine groups is 1. The third-order valence-electron chi connectivity index (χ3n) is 4.65. The summed E-state index contributed by atoms with van der Waals surface area (Å²) in [5.41, 5.74) is 5.86. The number of urea groups is 1. The molecule has 0 fully saturated rings. The van der Waals surface area contributed by atoms with Gasteiger partial charge in [-0.3, -0.25) is 5.21 Å². The van der Waals surface area contributed by atoms with Gasteiger partial charge in [-0.05, 0) is 61.1 Å². The van der Waals surface area contributed by atoms with Crippen LogP contribution in [0.5, 0.6) is 5.75 Å². The topological polar surface area (TPSA) is 61.8 Å². The second-order valence-electron chi connectivity index (χ2n) is 6.32. The van der Waals surface area contributed by atoms with Gasteiger partial charge in [-0.15, -0.1) is 0 Å². The standard InChI is InChI=1S/C21H28N2O3/c1-6-16-9-8-10-19(23(25)21(24)22-5)18(16)13-26-20-12-14(3)17(7-2)11-15(20)4/h8-12,25H,6-7,13H2,1-5H3,(H,22,24). The molecule has 5 nitrogen and oxygen atoms in total. The van der Waals surface area contributed by atoms with Crippen molar-refractivity contribution in [1.82, 2.24) is 5.32 Å². The molecule has 0 unspecified atom stereocenters. The van der Waals surface area contributed by atoms with E-state index in [4.69, 9.17) is 4.74 Å². The molecule has 5 heteroatoms. The van der Waals surface area contributed by atoms with Crippen LogP contribution in [-0.2, 0) is 19.4 Å². The van der Waals surface area contributed by atoms with Gasteiger partial charge < -0.3 is 10.1 Å².